The Labute approximate surface area is 228 Å². The third-order valence-corrected chi connectivity index (χ3v) is 7.90. The zero-order valence-corrected chi connectivity index (χ0v) is 23.2. The van der Waals surface area contributed by atoms with E-state index in [2.05, 4.69) is 47.1 Å². The number of amides is 1. The van der Waals surface area contributed by atoms with Crippen LogP contribution in [0.2, 0.25) is 0 Å². The minimum Gasteiger partial charge on any atom is -0.490 e. The summed E-state index contributed by atoms with van der Waals surface area (Å²) in [6.07, 6.45) is 2.74. The molecular weight excluding hydrogens is 499 g/mol. The van der Waals surface area contributed by atoms with Crippen LogP contribution in [-0.2, 0) is 4.79 Å². The largest absolute Gasteiger partial charge is 0.490 e. The number of pyridine rings is 1. The van der Waals surface area contributed by atoms with Crippen LogP contribution in [0, 0.1) is 5.92 Å². The van der Waals surface area contributed by atoms with E-state index >= 15 is 0 Å². The van der Waals surface area contributed by atoms with E-state index in [-0.39, 0.29) is 18.6 Å². The molecule has 1 aromatic carbocycles. The number of likely N-dealkylation sites (tertiary alicyclic amines) is 1. The minimum atomic E-state index is -1.72. The van der Waals surface area contributed by atoms with Crippen LogP contribution in [0.15, 0.2) is 36.7 Å². The number of rotatable bonds is 7. The second kappa shape index (κ2) is 10.6. The molecule has 208 valence electrons. The molecule has 2 aliphatic rings. The van der Waals surface area contributed by atoms with Gasteiger partial charge in [-0.2, -0.15) is 4.98 Å². The highest BCUT2D eigenvalue weighted by Gasteiger charge is 2.40. The van der Waals surface area contributed by atoms with Crippen LogP contribution in [0.5, 0.6) is 5.75 Å². The van der Waals surface area contributed by atoms with Crippen LogP contribution >= 0.6 is 0 Å². The van der Waals surface area contributed by atoms with E-state index in [0.717, 1.165) is 16.5 Å². The highest BCUT2D eigenvalue weighted by atomic mass is 19.1. The van der Waals surface area contributed by atoms with Gasteiger partial charge in [0.2, 0.25) is 11.9 Å². The number of anilines is 3. The summed E-state index contributed by atoms with van der Waals surface area (Å²) >= 11 is 0. The van der Waals surface area contributed by atoms with Gasteiger partial charge in [0, 0.05) is 50.3 Å². The lowest BCUT2D eigenvalue weighted by Gasteiger charge is -2.41. The third-order valence-electron chi connectivity index (χ3n) is 7.90. The first-order valence-corrected chi connectivity index (χ1v) is 13.6. The van der Waals surface area contributed by atoms with Gasteiger partial charge < -0.3 is 25.0 Å². The van der Waals surface area contributed by atoms with E-state index in [4.69, 9.17) is 4.74 Å². The first-order chi connectivity index (χ1) is 18.5. The Morgan fingerprint density at radius 1 is 1.18 bits per heavy atom. The average molecular weight is 537 g/mol. The predicted octanol–water partition coefficient (Wildman–Crippen LogP) is 4.44. The van der Waals surface area contributed by atoms with Gasteiger partial charge in [-0.3, -0.25) is 4.79 Å². The van der Waals surface area contributed by atoms with Gasteiger partial charge in [-0.25, -0.2) is 14.4 Å². The summed E-state index contributed by atoms with van der Waals surface area (Å²) in [5.41, 5.74) is -0.541. The Morgan fingerprint density at radius 3 is 2.64 bits per heavy atom. The molecule has 2 saturated heterocycles. The molecule has 3 atom stereocenters. The number of nitrogens with zero attached hydrogens (tertiary/aromatic N) is 5. The fraction of sp³-hybridized carbons (Fsp3) is 0.517. The quantitative estimate of drug-likeness (QED) is 0.457. The summed E-state index contributed by atoms with van der Waals surface area (Å²) in [5.74, 6) is 3.04. The maximum absolute atomic E-state index is 14.7. The maximum atomic E-state index is 14.7. The topological polar surface area (TPSA) is 104 Å². The van der Waals surface area contributed by atoms with Crippen molar-refractivity contribution in [3.63, 3.8) is 0 Å². The Hall–Kier alpha value is -3.53. The van der Waals surface area contributed by atoms with Crippen LogP contribution < -0.4 is 15.0 Å². The molecule has 0 saturated carbocycles. The molecule has 3 aromatic rings. The van der Waals surface area contributed by atoms with Crippen LogP contribution in [-0.4, -0.2) is 74.9 Å². The van der Waals surface area contributed by atoms with Crippen molar-refractivity contribution in [2.24, 2.45) is 5.92 Å². The number of hydrogen-bond acceptors (Lipinski definition) is 8. The molecule has 2 N–H and O–H groups in total. The normalized spacial score (nSPS) is 22.6. The fourth-order valence-electron chi connectivity index (χ4n) is 5.28. The van der Waals surface area contributed by atoms with Crippen molar-refractivity contribution >= 4 is 34.3 Å². The summed E-state index contributed by atoms with van der Waals surface area (Å²) in [7, 11) is 0. The highest BCUT2D eigenvalue weighted by molar-refractivity contribution is 5.92. The second-order valence-corrected chi connectivity index (χ2v) is 11.3. The lowest BCUT2D eigenvalue weighted by atomic mass is 9.94. The molecule has 0 bridgehead atoms. The van der Waals surface area contributed by atoms with Crippen LogP contribution in [0.3, 0.4) is 0 Å². The molecule has 0 spiro atoms. The van der Waals surface area contributed by atoms with E-state index < -0.39 is 11.8 Å². The van der Waals surface area contributed by atoms with Crippen LogP contribution in [0.1, 0.15) is 52.5 Å². The molecule has 2 aromatic heterocycles. The maximum Gasteiger partial charge on any atom is 0.227 e. The van der Waals surface area contributed by atoms with Gasteiger partial charge in [-0.15, -0.1) is 0 Å². The Kier molecular flexibility index (Phi) is 7.33. The van der Waals surface area contributed by atoms with E-state index in [1.165, 1.54) is 12.5 Å². The minimum absolute atomic E-state index is 0.0262. The number of fused-ring (bicyclic) bond motifs is 1. The van der Waals surface area contributed by atoms with Crippen molar-refractivity contribution in [1.29, 1.82) is 0 Å². The first kappa shape index (κ1) is 27.1. The van der Waals surface area contributed by atoms with Crippen molar-refractivity contribution in [1.82, 2.24) is 19.9 Å². The number of nitrogens with one attached hydrogen (secondary N) is 1. The molecule has 9 nitrogen and oxygen atoms in total. The number of aromatic nitrogens is 3. The van der Waals surface area contributed by atoms with Gasteiger partial charge in [-0.05, 0) is 55.3 Å². The molecule has 4 heterocycles. The van der Waals surface area contributed by atoms with Crippen molar-refractivity contribution in [2.75, 3.05) is 36.4 Å². The van der Waals surface area contributed by atoms with Crippen LogP contribution in [0.25, 0.3) is 10.8 Å². The lowest BCUT2D eigenvalue weighted by Crippen LogP contribution is -2.54. The van der Waals surface area contributed by atoms with Crippen molar-refractivity contribution in [2.45, 2.75) is 64.8 Å². The molecule has 2 fully saturated rings. The van der Waals surface area contributed by atoms with Gasteiger partial charge in [0.25, 0.3) is 0 Å². The molecule has 0 aliphatic carbocycles. The predicted molar refractivity (Wildman–Crippen MR) is 149 cm³/mol. The number of hydrogen-bond donors (Lipinski definition) is 2. The monoisotopic (exact) mass is 536 g/mol. The molecule has 10 heteroatoms. The summed E-state index contributed by atoms with van der Waals surface area (Å²) in [6, 6.07) is 7.86. The number of carbonyl (C=O) groups excluding carboxylic acids is 1. The summed E-state index contributed by atoms with van der Waals surface area (Å²) in [5, 5.41) is 15.2. The summed E-state index contributed by atoms with van der Waals surface area (Å²) < 4.78 is 21.1. The fourth-order valence-corrected chi connectivity index (χ4v) is 5.28. The average Bonchev–Trinajstić information content (AvgIpc) is 2.84. The van der Waals surface area contributed by atoms with Gasteiger partial charge in [0.15, 0.2) is 5.67 Å². The molecule has 39 heavy (non-hydrogen) atoms. The zero-order chi connectivity index (χ0) is 27.9. The van der Waals surface area contributed by atoms with Crippen molar-refractivity contribution in [3.05, 3.63) is 42.2 Å². The molecule has 0 unspecified atom stereocenters. The molecule has 2 aliphatic heterocycles. The second-order valence-electron chi connectivity index (χ2n) is 11.3. The first-order valence-electron chi connectivity index (χ1n) is 13.6. The van der Waals surface area contributed by atoms with E-state index in [9.17, 15) is 14.3 Å². The SMILES string of the molecule is CC(=O)N1CC([C@H](C)Oc2ccc(C(C)C)c3cc(Nc4ccnc(N5CC[C@@H](O)[C@@](C)(F)C5)n4)ncc23)C1. The molecular formula is C29H37FN6O3. The van der Waals surface area contributed by atoms with E-state index in [1.807, 2.05) is 23.2 Å². The Bertz CT molecular complexity index is 1360. The standard InChI is InChI=1S/C29H37FN6O3/c1-17(2)21-6-7-24(39-18(3)20-14-36(15-20)19(4)37)23-13-32-27(12-22(21)23)33-26-8-10-31-28(34-26)35-11-9-25(38)29(5,30)16-35/h6-8,10,12-13,17-18,20,25,38H,9,11,14-16H2,1-5H3,(H,31,32,33,34)/t18-,25+,29-/m0/s1. The number of aliphatic hydroxyl groups is 1. The third kappa shape index (κ3) is 5.61. The molecule has 5 rings (SSSR count). The summed E-state index contributed by atoms with van der Waals surface area (Å²) in [6.45, 7) is 11.3. The number of halogens is 1. The highest BCUT2D eigenvalue weighted by Crippen LogP contribution is 2.35. The van der Waals surface area contributed by atoms with Gasteiger partial charge in [0.1, 0.15) is 23.5 Å². The smallest absolute Gasteiger partial charge is 0.227 e. The van der Waals surface area contributed by atoms with E-state index in [1.54, 1.807) is 24.1 Å². The number of ether oxygens (including phenoxy) is 1. The van der Waals surface area contributed by atoms with Gasteiger partial charge in [0.05, 0.1) is 12.6 Å². The Balaban J connectivity index is 1.37. The molecule has 1 amide bonds. The zero-order valence-electron chi connectivity index (χ0n) is 23.2. The van der Waals surface area contributed by atoms with E-state index in [0.29, 0.717) is 55.5 Å². The number of carbonyl (C=O) groups is 1. The number of benzene rings is 1. The lowest BCUT2D eigenvalue weighted by molar-refractivity contribution is -0.137. The number of alkyl halides is 1. The van der Waals surface area contributed by atoms with Crippen molar-refractivity contribution in [3.8, 4) is 5.75 Å². The Morgan fingerprint density at radius 2 is 1.95 bits per heavy atom. The number of aliphatic hydroxyl groups excluding tert-OH is 1. The van der Waals surface area contributed by atoms with Crippen molar-refractivity contribution < 1.29 is 19.0 Å². The molecule has 0 radical (unpaired) electrons. The van der Waals surface area contributed by atoms with Gasteiger partial charge >= 0.3 is 0 Å². The summed E-state index contributed by atoms with van der Waals surface area (Å²) in [4.78, 5) is 28.7. The van der Waals surface area contributed by atoms with Crippen LogP contribution in [0.4, 0.5) is 22.0 Å². The van der Waals surface area contributed by atoms with Gasteiger partial charge in [-0.1, -0.05) is 19.9 Å². The number of piperidine rings is 1.